The molecule has 80 valence electrons. The minimum Gasteiger partial charge on any atom is -0.410 e. The summed E-state index contributed by atoms with van der Waals surface area (Å²) < 4.78 is 38.5. The van der Waals surface area contributed by atoms with Crippen LogP contribution in [-0.2, 0) is 16.8 Å². The molecule has 1 amide bonds. The molecule has 0 radical (unpaired) electrons. The normalized spacial score (nSPS) is 15.1. The highest BCUT2D eigenvalue weighted by Crippen LogP contribution is 2.25. The average molecular weight is 231 g/mol. The van der Waals surface area contributed by atoms with Crippen LogP contribution in [-0.4, -0.2) is 14.5 Å². The lowest BCUT2D eigenvalue weighted by atomic mass is 10.2. The first-order valence-electron chi connectivity index (χ1n) is 4.00. The predicted octanol–water partition coefficient (Wildman–Crippen LogP) is 0.947. The molecule has 1 heterocycles. The molecule has 1 N–H and O–H groups in total. The zero-order valence-corrected chi connectivity index (χ0v) is 8.17. The van der Waals surface area contributed by atoms with Crippen molar-refractivity contribution in [1.82, 2.24) is 5.32 Å². The minimum atomic E-state index is -4.72. The molecule has 1 aromatic rings. The molecule has 0 atom stereocenters. The Bertz CT molecular complexity index is 525. The highest BCUT2D eigenvalue weighted by Gasteiger charge is 2.20. The lowest BCUT2D eigenvalue weighted by molar-refractivity contribution is 0.194. The summed E-state index contributed by atoms with van der Waals surface area (Å²) in [5.74, 6) is 0.242. The number of carbonyl (C=O) groups is 1. The van der Waals surface area contributed by atoms with Crippen molar-refractivity contribution in [3.05, 3.63) is 23.8 Å². The molecule has 0 bridgehead atoms. The summed E-state index contributed by atoms with van der Waals surface area (Å²) in [6.07, 6.45) is -0.613. The number of ether oxygens (including phenoxy) is 1. The summed E-state index contributed by atoms with van der Waals surface area (Å²) >= 11 is 0. The second kappa shape index (κ2) is 3.20. The van der Waals surface area contributed by atoms with Crippen LogP contribution in [0.1, 0.15) is 5.56 Å². The number of hydrogen-bond acceptors (Lipinski definition) is 4. The molecule has 0 unspecified atom stereocenters. The van der Waals surface area contributed by atoms with Crippen LogP contribution in [0.5, 0.6) is 5.75 Å². The molecule has 0 saturated heterocycles. The summed E-state index contributed by atoms with van der Waals surface area (Å²) in [5, 5.41) is 2.34. The molecule has 0 aromatic heterocycles. The number of halogens is 1. The quantitative estimate of drug-likeness (QED) is 0.730. The molecule has 0 spiro atoms. The van der Waals surface area contributed by atoms with Crippen molar-refractivity contribution in [3.63, 3.8) is 0 Å². The maximum Gasteiger partial charge on any atom is 0.412 e. The first-order chi connectivity index (χ1) is 6.97. The Hall–Kier alpha value is -1.63. The number of hydrogen-bond donors (Lipinski definition) is 1. The van der Waals surface area contributed by atoms with Gasteiger partial charge in [-0.05, 0) is 18.2 Å². The fourth-order valence-electron chi connectivity index (χ4n) is 1.25. The van der Waals surface area contributed by atoms with Crippen molar-refractivity contribution >= 4 is 16.3 Å². The zero-order chi connectivity index (χ0) is 11.1. The summed E-state index contributed by atoms with van der Waals surface area (Å²) in [7, 11) is -4.72. The van der Waals surface area contributed by atoms with Crippen molar-refractivity contribution < 1.29 is 21.8 Å². The van der Waals surface area contributed by atoms with Gasteiger partial charge < -0.3 is 10.1 Å². The smallest absolute Gasteiger partial charge is 0.410 e. The standard InChI is InChI=1S/C8H6FNO4S/c9-15(12,13)6-1-2-7-5(3-6)4-10-8(11)14-7/h1-3H,4H2,(H,10,11). The van der Waals surface area contributed by atoms with Gasteiger partial charge in [0, 0.05) is 12.1 Å². The van der Waals surface area contributed by atoms with Gasteiger partial charge in [0.1, 0.15) is 5.75 Å². The largest absolute Gasteiger partial charge is 0.412 e. The molecular formula is C8H6FNO4S. The second-order valence-electron chi connectivity index (χ2n) is 2.95. The molecular weight excluding hydrogens is 225 g/mol. The van der Waals surface area contributed by atoms with Crippen LogP contribution in [0, 0.1) is 0 Å². The van der Waals surface area contributed by atoms with Gasteiger partial charge in [0.25, 0.3) is 0 Å². The Labute approximate surface area is 85.1 Å². The molecule has 15 heavy (non-hydrogen) atoms. The van der Waals surface area contributed by atoms with E-state index in [9.17, 15) is 17.1 Å². The van der Waals surface area contributed by atoms with E-state index in [4.69, 9.17) is 4.74 Å². The monoisotopic (exact) mass is 231 g/mol. The van der Waals surface area contributed by atoms with E-state index < -0.39 is 21.2 Å². The highest BCUT2D eigenvalue weighted by atomic mass is 32.3. The lowest BCUT2D eigenvalue weighted by Gasteiger charge is -2.16. The van der Waals surface area contributed by atoms with Gasteiger partial charge in [-0.3, -0.25) is 0 Å². The van der Waals surface area contributed by atoms with Crippen molar-refractivity contribution in [2.45, 2.75) is 11.4 Å². The molecule has 2 rings (SSSR count). The van der Waals surface area contributed by atoms with Crippen LogP contribution in [0.2, 0.25) is 0 Å². The zero-order valence-electron chi connectivity index (χ0n) is 7.36. The molecule has 0 aliphatic carbocycles. The van der Waals surface area contributed by atoms with E-state index in [-0.39, 0.29) is 12.3 Å². The molecule has 0 saturated carbocycles. The third kappa shape index (κ3) is 1.91. The molecule has 7 heteroatoms. The second-order valence-corrected chi connectivity index (χ2v) is 4.30. The first-order valence-corrected chi connectivity index (χ1v) is 5.38. The summed E-state index contributed by atoms with van der Waals surface area (Å²) in [4.78, 5) is 10.3. The number of carbonyl (C=O) groups excluding carboxylic acids is 1. The van der Waals surface area contributed by atoms with Gasteiger partial charge in [-0.15, -0.1) is 3.89 Å². The van der Waals surface area contributed by atoms with Gasteiger partial charge in [-0.25, -0.2) is 4.79 Å². The van der Waals surface area contributed by atoms with Gasteiger partial charge in [0.05, 0.1) is 4.90 Å². The Morgan fingerprint density at radius 3 is 2.80 bits per heavy atom. The fraction of sp³-hybridized carbons (Fsp3) is 0.125. The van der Waals surface area contributed by atoms with Crippen molar-refractivity contribution in [3.8, 4) is 5.75 Å². The number of fused-ring (bicyclic) bond motifs is 1. The number of benzene rings is 1. The number of rotatable bonds is 1. The summed E-state index contributed by atoms with van der Waals surface area (Å²) in [6.45, 7) is 0.123. The van der Waals surface area contributed by atoms with E-state index in [2.05, 4.69) is 5.32 Å². The van der Waals surface area contributed by atoms with E-state index in [1.807, 2.05) is 0 Å². The van der Waals surface area contributed by atoms with Gasteiger partial charge in [-0.2, -0.15) is 8.42 Å². The first kappa shape index (κ1) is 9.91. The Balaban J connectivity index is 2.48. The van der Waals surface area contributed by atoms with E-state index in [0.29, 0.717) is 5.56 Å². The van der Waals surface area contributed by atoms with Gasteiger partial charge in [0.2, 0.25) is 0 Å². The minimum absolute atomic E-state index is 0.123. The topological polar surface area (TPSA) is 72.5 Å². The predicted molar refractivity (Wildman–Crippen MR) is 47.6 cm³/mol. The summed E-state index contributed by atoms with van der Waals surface area (Å²) in [5.41, 5.74) is 0.424. The molecule has 0 fully saturated rings. The lowest BCUT2D eigenvalue weighted by Crippen LogP contribution is -2.31. The SMILES string of the molecule is O=C1NCc2cc(S(=O)(=O)F)ccc2O1. The van der Waals surface area contributed by atoms with Crippen molar-refractivity contribution in [1.29, 1.82) is 0 Å². The van der Waals surface area contributed by atoms with Gasteiger partial charge in [0.15, 0.2) is 0 Å². The van der Waals surface area contributed by atoms with E-state index in [1.165, 1.54) is 6.07 Å². The van der Waals surface area contributed by atoms with Crippen LogP contribution >= 0.6 is 0 Å². The molecule has 1 aliphatic heterocycles. The van der Waals surface area contributed by atoms with Crippen LogP contribution in [0.25, 0.3) is 0 Å². The average Bonchev–Trinajstić information content (AvgIpc) is 2.15. The molecule has 1 aliphatic rings. The Morgan fingerprint density at radius 2 is 2.13 bits per heavy atom. The number of amides is 1. The molecule has 5 nitrogen and oxygen atoms in total. The Kier molecular flexibility index (Phi) is 2.11. The highest BCUT2D eigenvalue weighted by molar-refractivity contribution is 7.86. The third-order valence-electron chi connectivity index (χ3n) is 1.94. The van der Waals surface area contributed by atoms with E-state index >= 15 is 0 Å². The number of nitrogens with one attached hydrogen (secondary N) is 1. The van der Waals surface area contributed by atoms with Crippen LogP contribution in [0.15, 0.2) is 23.1 Å². The summed E-state index contributed by atoms with van der Waals surface area (Å²) in [6, 6.07) is 3.43. The molecule has 1 aromatic carbocycles. The fourth-order valence-corrected chi connectivity index (χ4v) is 1.76. The maximum absolute atomic E-state index is 12.6. The Morgan fingerprint density at radius 1 is 1.40 bits per heavy atom. The van der Waals surface area contributed by atoms with Crippen LogP contribution in [0.3, 0.4) is 0 Å². The third-order valence-corrected chi connectivity index (χ3v) is 2.76. The van der Waals surface area contributed by atoms with E-state index in [0.717, 1.165) is 12.1 Å². The van der Waals surface area contributed by atoms with Crippen molar-refractivity contribution in [2.24, 2.45) is 0 Å². The van der Waals surface area contributed by atoms with Crippen LogP contribution in [0.4, 0.5) is 8.68 Å². The van der Waals surface area contributed by atoms with Crippen molar-refractivity contribution in [2.75, 3.05) is 0 Å². The van der Waals surface area contributed by atoms with E-state index in [1.54, 1.807) is 0 Å². The maximum atomic E-state index is 12.6. The van der Waals surface area contributed by atoms with Gasteiger partial charge in [-0.1, -0.05) is 0 Å². The van der Waals surface area contributed by atoms with Crippen LogP contribution < -0.4 is 10.1 Å². The van der Waals surface area contributed by atoms with Gasteiger partial charge >= 0.3 is 16.3 Å².